The van der Waals surface area contributed by atoms with Gasteiger partial charge in [0.2, 0.25) is 5.89 Å². The lowest BCUT2D eigenvalue weighted by molar-refractivity contribution is 0.361. The molecule has 0 radical (unpaired) electrons. The Kier molecular flexibility index (Phi) is 3.32. The average Bonchev–Trinajstić information content (AvgIpc) is 3.10. The normalized spacial score (nSPS) is 16.2. The van der Waals surface area contributed by atoms with E-state index in [1.54, 1.807) is 0 Å². The molecule has 1 fully saturated rings. The van der Waals surface area contributed by atoms with E-state index in [2.05, 4.69) is 20.4 Å². The monoisotopic (exact) mass is 312 g/mol. The quantitative estimate of drug-likeness (QED) is 0.753. The van der Waals surface area contributed by atoms with Crippen molar-refractivity contribution in [3.8, 4) is 0 Å². The number of oxazole rings is 1. The van der Waals surface area contributed by atoms with Crippen LogP contribution in [0, 0.1) is 0 Å². The lowest BCUT2D eigenvalue weighted by atomic mass is 10.2. The SMILES string of the molecule is CC(C)c1noc([C@@H](C)Nc2ccc3oc(C4CC4)nc3c2)n1. The molecule has 6 nitrogen and oxygen atoms in total. The molecule has 4 rings (SSSR count). The molecule has 0 unspecified atom stereocenters. The molecule has 0 amide bonds. The van der Waals surface area contributed by atoms with E-state index in [4.69, 9.17) is 8.94 Å². The molecule has 1 aliphatic carbocycles. The number of nitrogens with one attached hydrogen (secondary N) is 1. The summed E-state index contributed by atoms with van der Waals surface area (Å²) in [5.41, 5.74) is 2.69. The lowest BCUT2D eigenvalue weighted by Gasteiger charge is -2.10. The maximum atomic E-state index is 5.79. The molecule has 120 valence electrons. The van der Waals surface area contributed by atoms with Gasteiger partial charge in [-0.3, -0.25) is 0 Å². The van der Waals surface area contributed by atoms with E-state index in [9.17, 15) is 0 Å². The van der Waals surface area contributed by atoms with Crippen molar-refractivity contribution in [1.82, 2.24) is 15.1 Å². The van der Waals surface area contributed by atoms with Crippen LogP contribution in [0.1, 0.15) is 69.1 Å². The van der Waals surface area contributed by atoms with Crippen LogP contribution in [0.15, 0.2) is 27.1 Å². The molecule has 0 bridgehead atoms. The third-order valence-corrected chi connectivity index (χ3v) is 4.06. The number of nitrogens with zero attached hydrogens (tertiary/aromatic N) is 3. The highest BCUT2D eigenvalue weighted by Crippen LogP contribution is 2.40. The van der Waals surface area contributed by atoms with Crippen molar-refractivity contribution in [2.45, 2.75) is 51.5 Å². The zero-order chi connectivity index (χ0) is 16.0. The third-order valence-electron chi connectivity index (χ3n) is 4.06. The Hall–Kier alpha value is -2.37. The summed E-state index contributed by atoms with van der Waals surface area (Å²) in [6.07, 6.45) is 2.37. The molecule has 1 N–H and O–H groups in total. The molecular formula is C17H20N4O2. The van der Waals surface area contributed by atoms with Gasteiger partial charge in [-0.05, 0) is 38.0 Å². The van der Waals surface area contributed by atoms with Gasteiger partial charge in [-0.25, -0.2) is 4.98 Å². The van der Waals surface area contributed by atoms with E-state index in [0.29, 0.717) is 11.8 Å². The van der Waals surface area contributed by atoms with Crippen molar-refractivity contribution in [2.24, 2.45) is 0 Å². The van der Waals surface area contributed by atoms with Crippen molar-refractivity contribution in [1.29, 1.82) is 0 Å². The Morgan fingerprint density at radius 3 is 2.70 bits per heavy atom. The van der Waals surface area contributed by atoms with Gasteiger partial charge in [-0.15, -0.1) is 0 Å². The number of hydrogen-bond acceptors (Lipinski definition) is 6. The third kappa shape index (κ3) is 2.81. The molecule has 6 heteroatoms. The van der Waals surface area contributed by atoms with Gasteiger partial charge in [0.1, 0.15) is 11.6 Å². The highest BCUT2D eigenvalue weighted by Gasteiger charge is 2.29. The second-order valence-electron chi connectivity index (χ2n) is 6.52. The van der Waals surface area contributed by atoms with E-state index in [1.807, 2.05) is 39.0 Å². The van der Waals surface area contributed by atoms with Crippen LogP contribution in [0.2, 0.25) is 0 Å². The first kappa shape index (κ1) is 14.2. The fraction of sp³-hybridized carbons (Fsp3) is 0.471. The van der Waals surface area contributed by atoms with Gasteiger partial charge in [-0.2, -0.15) is 4.98 Å². The van der Waals surface area contributed by atoms with E-state index in [1.165, 1.54) is 12.8 Å². The Morgan fingerprint density at radius 1 is 1.17 bits per heavy atom. The molecule has 3 aromatic rings. The van der Waals surface area contributed by atoms with Crippen molar-refractivity contribution in [2.75, 3.05) is 5.32 Å². The van der Waals surface area contributed by atoms with E-state index in [-0.39, 0.29) is 12.0 Å². The fourth-order valence-corrected chi connectivity index (χ4v) is 2.51. The first-order valence-electron chi connectivity index (χ1n) is 8.10. The minimum atomic E-state index is -0.0674. The summed E-state index contributed by atoms with van der Waals surface area (Å²) in [5, 5.41) is 7.38. The summed E-state index contributed by atoms with van der Waals surface area (Å²) in [6.45, 7) is 6.09. The van der Waals surface area contributed by atoms with Crippen molar-refractivity contribution >= 4 is 16.8 Å². The highest BCUT2D eigenvalue weighted by atomic mass is 16.5. The van der Waals surface area contributed by atoms with Crippen LogP contribution in [-0.4, -0.2) is 15.1 Å². The van der Waals surface area contributed by atoms with Crippen LogP contribution in [0.4, 0.5) is 5.69 Å². The molecule has 0 aliphatic heterocycles. The molecule has 2 aromatic heterocycles. The molecule has 1 aromatic carbocycles. The summed E-state index contributed by atoms with van der Waals surface area (Å²) < 4.78 is 11.1. The van der Waals surface area contributed by atoms with E-state index < -0.39 is 0 Å². The van der Waals surface area contributed by atoms with Gasteiger partial charge >= 0.3 is 0 Å². The molecule has 1 saturated carbocycles. The standard InChI is InChI=1S/C17H20N4O2/c1-9(2)15-20-16(23-21-15)10(3)18-12-6-7-14-13(8-12)19-17(22-14)11-4-5-11/h6-11,18H,4-5H2,1-3H3/t10-/m1/s1. The van der Waals surface area contributed by atoms with Crippen molar-refractivity contribution < 1.29 is 8.94 Å². The van der Waals surface area contributed by atoms with Gasteiger partial charge in [0.25, 0.3) is 0 Å². The summed E-state index contributed by atoms with van der Waals surface area (Å²) in [4.78, 5) is 9.01. The summed E-state index contributed by atoms with van der Waals surface area (Å²) in [6, 6.07) is 5.88. The predicted molar refractivity (Wildman–Crippen MR) is 86.4 cm³/mol. The summed E-state index contributed by atoms with van der Waals surface area (Å²) in [5.74, 6) is 2.96. The molecule has 23 heavy (non-hydrogen) atoms. The second-order valence-corrected chi connectivity index (χ2v) is 6.52. The number of hydrogen-bond donors (Lipinski definition) is 1. The average molecular weight is 312 g/mol. The molecule has 0 spiro atoms. The van der Waals surface area contributed by atoms with Crippen molar-refractivity contribution in [3.63, 3.8) is 0 Å². The van der Waals surface area contributed by atoms with E-state index >= 15 is 0 Å². The molecular weight excluding hydrogens is 292 g/mol. The smallest absolute Gasteiger partial charge is 0.248 e. The predicted octanol–water partition coefficient (Wildman–Crippen LogP) is 4.38. The van der Waals surface area contributed by atoms with Crippen LogP contribution in [0.25, 0.3) is 11.1 Å². The summed E-state index contributed by atoms with van der Waals surface area (Å²) >= 11 is 0. The van der Waals surface area contributed by atoms with Gasteiger partial charge in [0.05, 0.1) is 0 Å². The van der Waals surface area contributed by atoms with Crippen LogP contribution >= 0.6 is 0 Å². The maximum absolute atomic E-state index is 5.79. The largest absolute Gasteiger partial charge is 0.440 e. The lowest BCUT2D eigenvalue weighted by Crippen LogP contribution is -2.07. The summed E-state index contributed by atoms with van der Waals surface area (Å²) in [7, 11) is 0. The molecule has 0 saturated heterocycles. The van der Waals surface area contributed by atoms with Gasteiger partial charge < -0.3 is 14.3 Å². The van der Waals surface area contributed by atoms with Crippen LogP contribution in [0.5, 0.6) is 0 Å². The fourth-order valence-electron chi connectivity index (χ4n) is 2.51. The minimum absolute atomic E-state index is 0.0674. The Bertz CT molecular complexity index is 832. The zero-order valence-electron chi connectivity index (χ0n) is 13.5. The number of benzene rings is 1. The first-order valence-corrected chi connectivity index (χ1v) is 8.10. The second kappa shape index (κ2) is 5.37. The Labute approximate surface area is 134 Å². The van der Waals surface area contributed by atoms with Gasteiger partial charge in [0, 0.05) is 17.5 Å². The Balaban J connectivity index is 1.53. The Morgan fingerprint density at radius 2 is 2.00 bits per heavy atom. The topological polar surface area (TPSA) is 77.0 Å². The van der Waals surface area contributed by atoms with Crippen molar-refractivity contribution in [3.05, 3.63) is 35.8 Å². The number of rotatable bonds is 5. The molecule has 2 heterocycles. The highest BCUT2D eigenvalue weighted by molar-refractivity contribution is 5.77. The van der Waals surface area contributed by atoms with Crippen LogP contribution < -0.4 is 5.32 Å². The first-order chi connectivity index (χ1) is 11.1. The molecule has 1 atom stereocenters. The van der Waals surface area contributed by atoms with Crippen LogP contribution in [0.3, 0.4) is 0 Å². The van der Waals surface area contributed by atoms with Gasteiger partial charge in [-0.1, -0.05) is 19.0 Å². The molecule has 1 aliphatic rings. The minimum Gasteiger partial charge on any atom is -0.440 e. The number of aromatic nitrogens is 3. The van der Waals surface area contributed by atoms with Gasteiger partial charge in [0.15, 0.2) is 17.3 Å². The van der Waals surface area contributed by atoms with E-state index in [0.717, 1.165) is 28.5 Å². The van der Waals surface area contributed by atoms with Crippen LogP contribution in [-0.2, 0) is 0 Å². The number of anilines is 1. The maximum Gasteiger partial charge on any atom is 0.248 e. The number of fused-ring (bicyclic) bond motifs is 1. The zero-order valence-corrected chi connectivity index (χ0v) is 13.5.